The van der Waals surface area contributed by atoms with Crippen molar-refractivity contribution in [3.8, 4) is 5.69 Å². The lowest BCUT2D eigenvalue weighted by Crippen LogP contribution is -2.34. The van der Waals surface area contributed by atoms with E-state index >= 15 is 0 Å². The van der Waals surface area contributed by atoms with Crippen LogP contribution in [0.15, 0.2) is 37.1 Å². The summed E-state index contributed by atoms with van der Waals surface area (Å²) in [5.41, 5.74) is 9.31. The standard InChI is InChI=1S/C15H19N5.2ClH/c1-11-7-20(15(2,3)8-16)14-6-12(4-5-13(11)14)19-9-17-18-10-19;;/h4-7,9-10H,8,16H2,1-3H3;2*1H. The molecule has 1 aromatic carbocycles. The maximum absolute atomic E-state index is 5.93. The zero-order chi connectivity index (χ0) is 14.3. The molecule has 0 aliphatic rings. The first-order chi connectivity index (χ1) is 9.53. The molecule has 0 radical (unpaired) electrons. The summed E-state index contributed by atoms with van der Waals surface area (Å²) in [5, 5.41) is 8.97. The third-order valence-electron chi connectivity index (χ3n) is 3.86. The summed E-state index contributed by atoms with van der Waals surface area (Å²) in [6.45, 7) is 7.02. The van der Waals surface area contributed by atoms with Gasteiger partial charge in [0.25, 0.3) is 0 Å². The summed E-state index contributed by atoms with van der Waals surface area (Å²) in [6, 6.07) is 6.38. The van der Waals surface area contributed by atoms with Crippen LogP contribution >= 0.6 is 24.8 Å². The third kappa shape index (κ3) is 2.97. The van der Waals surface area contributed by atoms with E-state index in [1.807, 2.05) is 4.57 Å². The first-order valence-electron chi connectivity index (χ1n) is 6.70. The third-order valence-corrected chi connectivity index (χ3v) is 3.86. The normalized spacial score (nSPS) is 11.1. The predicted molar refractivity (Wildman–Crippen MR) is 94.5 cm³/mol. The van der Waals surface area contributed by atoms with Crippen LogP contribution in [0.3, 0.4) is 0 Å². The predicted octanol–water partition coefficient (Wildman–Crippen LogP) is 3.07. The van der Waals surface area contributed by atoms with Gasteiger partial charge in [0.15, 0.2) is 0 Å². The molecule has 7 heteroatoms. The molecule has 0 aliphatic carbocycles. The molecule has 3 rings (SSSR count). The Morgan fingerprint density at radius 3 is 2.36 bits per heavy atom. The number of fused-ring (bicyclic) bond motifs is 1. The van der Waals surface area contributed by atoms with Crippen LogP contribution in [0.1, 0.15) is 19.4 Å². The summed E-state index contributed by atoms with van der Waals surface area (Å²) in [5.74, 6) is 0. The van der Waals surface area contributed by atoms with Crippen molar-refractivity contribution in [2.45, 2.75) is 26.3 Å². The van der Waals surface area contributed by atoms with Gasteiger partial charge in [-0.1, -0.05) is 6.07 Å². The number of aromatic nitrogens is 4. The van der Waals surface area contributed by atoms with Crippen molar-refractivity contribution in [1.29, 1.82) is 0 Å². The van der Waals surface area contributed by atoms with Crippen molar-refractivity contribution >= 4 is 35.7 Å². The van der Waals surface area contributed by atoms with Crippen molar-refractivity contribution in [2.75, 3.05) is 6.54 Å². The number of nitrogens with zero attached hydrogens (tertiary/aromatic N) is 4. The minimum atomic E-state index is -0.113. The van der Waals surface area contributed by atoms with Gasteiger partial charge in [0.2, 0.25) is 0 Å². The van der Waals surface area contributed by atoms with Crippen LogP contribution in [0.25, 0.3) is 16.6 Å². The van der Waals surface area contributed by atoms with E-state index in [2.05, 4.69) is 59.9 Å². The Kier molecular flexibility index (Phi) is 5.62. The molecule has 3 aromatic rings. The molecule has 0 amide bonds. The summed E-state index contributed by atoms with van der Waals surface area (Å²) in [4.78, 5) is 0. The van der Waals surface area contributed by atoms with E-state index in [1.54, 1.807) is 12.7 Å². The summed E-state index contributed by atoms with van der Waals surface area (Å²) in [7, 11) is 0. The Hall–Kier alpha value is -1.56. The lowest BCUT2D eigenvalue weighted by atomic mass is 10.1. The van der Waals surface area contributed by atoms with Crippen molar-refractivity contribution in [3.63, 3.8) is 0 Å². The summed E-state index contributed by atoms with van der Waals surface area (Å²) in [6.07, 6.45) is 5.58. The van der Waals surface area contributed by atoms with Crippen LogP contribution in [-0.4, -0.2) is 25.9 Å². The quantitative estimate of drug-likeness (QED) is 0.796. The van der Waals surface area contributed by atoms with E-state index in [9.17, 15) is 0 Å². The van der Waals surface area contributed by atoms with Gasteiger partial charge >= 0.3 is 0 Å². The Bertz CT molecular complexity index is 747. The molecule has 2 heterocycles. The fourth-order valence-corrected chi connectivity index (χ4v) is 2.48. The molecule has 0 unspecified atom stereocenters. The highest BCUT2D eigenvalue weighted by molar-refractivity contribution is 5.86. The van der Waals surface area contributed by atoms with Crippen LogP contribution in [0, 0.1) is 6.92 Å². The average molecular weight is 342 g/mol. The highest BCUT2D eigenvalue weighted by atomic mass is 35.5. The lowest BCUT2D eigenvalue weighted by Gasteiger charge is -2.26. The van der Waals surface area contributed by atoms with Gasteiger partial charge < -0.3 is 10.3 Å². The second kappa shape index (κ2) is 6.69. The fraction of sp³-hybridized carbons (Fsp3) is 0.333. The Balaban J connectivity index is 0.00000121. The molecule has 0 saturated heterocycles. The van der Waals surface area contributed by atoms with E-state index in [0.717, 1.165) is 5.69 Å². The monoisotopic (exact) mass is 341 g/mol. The number of halogens is 2. The number of rotatable bonds is 3. The average Bonchev–Trinajstić information content (AvgIpc) is 3.07. The molecule has 0 bridgehead atoms. The number of benzene rings is 1. The van der Waals surface area contributed by atoms with Crippen LogP contribution in [0.4, 0.5) is 0 Å². The molecule has 0 spiro atoms. The zero-order valence-corrected chi connectivity index (χ0v) is 14.5. The van der Waals surface area contributed by atoms with Crippen LogP contribution in [0.5, 0.6) is 0 Å². The van der Waals surface area contributed by atoms with E-state index in [0.29, 0.717) is 6.54 Å². The highest BCUT2D eigenvalue weighted by Crippen LogP contribution is 2.28. The molecule has 0 fully saturated rings. The van der Waals surface area contributed by atoms with Gasteiger partial charge in [-0.2, -0.15) is 0 Å². The topological polar surface area (TPSA) is 61.7 Å². The zero-order valence-electron chi connectivity index (χ0n) is 12.9. The summed E-state index contributed by atoms with van der Waals surface area (Å²) >= 11 is 0. The van der Waals surface area contributed by atoms with Gasteiger partial charge in [0.05, 0.1) is 16.7 Å². The SMILES string of the molecule is Cc1cn(C(C)(C)CN)c2cc(-n3cnnc3)ccc12.Cl.Cl. The van der Waals surface area contributed by atoms with Crippen molar-refractivity contribution in [2.24, 2.45) is 5.73 Å². The molecule has 120 valence electrons. The largest absolute Gasteiger partial charge is 0.340 e. The molecular formula is C15H21Cl2N5. The minimum absolute atomic E-state index is 0. The Labute approximate surface area is 142 Å². The number of hydrogen-bond acceptors (Lipinski definition) is 3. The Morgan fingerprint density at radius 2 is 1.77 bits per heavy atom. The highest BCUT2D eigenvalue weighted by Gasteiger charge is 2.21. The lowest BCUT2D eigenvalue weighted by molar-refractivity contribution is 0.379. The number of aryl methyl sites for hydroxylation is 1. The second-order valence-electron chi connectivity index (χ2n) is 5.77. The fourth-order valence-electron chi connectivity index (χ4n) is 2.48. The first-order valence-corrected chi connectivity index (χ1v) is 6.70. The van der Waals surface area contributed by atoms with Gasteiger partial charge in [-0.25, -0.2) is 0 Å². The molecule has 0 atom stereocenters. The molecule has 2 aromatic heterocycles. The van der Waals surface area contributed by atoms with Crippen LogP contribution in [-0.2, 0) is 5.54 Å². The first kappa shape index (κ1) is 18.5. The molecule has 5 nitrogen and oxygen atoms in total. The molecular weight excluding hydrogens is 321 g/mol. The van der Waals surface area contributed by atoms with Crippen molar-refractivity contribution in [3.05, 3.63) is 42.6 Å². The maximum atomic E-state index is 5.93. The maximum Gasteiger partial charge on any atom is 0.123 e. The van der Waals surface area contributed by atoms with Crippen LogP contribution < -0.4 is 5.73 Å². The number of hydrogen-bond donors (Lipinski definition) is 1. The molecule has 22 heavy (non-hydrogen) atoms. The van der Waals surface area contributed by atoms with Gasteiger partial charge in [0.1, 0.15) is 12.7 Å². The summed E-state index contributed by atoms with van der Waals surface area (Å²) < 4.78 is 4.16. The van der Waals surface area contributed by atoms with Crippen molar-refractivity contribution in [1.82, 2.24) is 19.3 Å². The minimum Gasteiger partial charge on any atom is -0.340 e. The van der Waals surface area contributed by atoms with E-state index < -0.39 is 0 Å². The number of nitrogens with two attached hydrogens (primary N) is 1. The second-order valence-corrected chi connectivity index (χ2v) is 5.77. The van der Waals surface area contributed by atoms with Crippen molar-refractivity contribution < 1.29 is 0 Å². The van der Waals surface area contributed by atoms with Gasteiger partial charge in [-0.3, -0.25) is 4.57 Å². The molecule has 0 aliphatic heterocycles. The molecule has 2 N–H and O–H groups in total. The molecule has 0 saturated carbocycles. The van der Waals surface area contributed by atoms with Crippen LogP contribution in [0.2, 0.25) is 0 Å². The van der Waals surface area contributed by atoms with E-state index in [1.165, 1.54) is 16.5 Å². The van der Waals surface area contributed by atoms with Gasteiger partial charge in [-0.05, 0) is 38.5 Å². The Morgan fingerprint density at radius 1 is 1.14 bits per heavy atom. The van der Waals surface area contributed by atoms with Gasteiger partial charge in [-0.15, -0.1) is 35.0 Å². The van der Waals surface area contributed by atoms with E-state index in [-0.39, 0.29) is 30.4 Å². The van der Waals surface area contributed by atoms with Gasteiger partial charge in [0, 0.05) is 18.1 Å². The smallest absolute Gasteiger partial charge is 0.123 e. The van der Waals surface area contributed by atoms with E-state index in [4.69, 9.17) is 5.73 Å².